The monoisotopic (exact) mass is 331 g/mol. The van der Waals surface area contributed by atoms with Crippen molar-refractivity contribution >= 4 is 11.8 Å². The Morgan fingerprint density at radius 3 is 2.75 bits per heavy atom. The zero-order valence-electron chi connectivity index (χ0n) is 14.3. The van der Waals surface area contributed by atoms with Crippen molar-refractivity contribution < 1.29 is 9.59 Å². The second-order valence-electron chi connectivity index (χ2n) is 6.78. The highest BCUT2D eigenvalue weighted by Crippen LogP contribution is 2.18. The zero-order valence-corrected chi connectivity index (χ0v) is 14.3. The lowest BCUT2D eigenvalue weighted by Crippen LogP contribution is -2.40. The number of fused-ring (bicyclic) bond motifs is 1. The minimum atomic E-state index is -0.00629. The van der Waals surface area contributed by atoms with Gasteiger partial charge in [-0.05, 0) is 30.4 Å². The highest BCUT2D eigenvalue weighted by atomic mass is 16.2. The van der Waals surface area contributed by atoms with Gasteiger partial charge in [0.25, 0.3) is 5.56 Å². The molecule has 2 aliphatic rings. The van der Waals surface area contributed by atoms with Gasteiger partial charge in [-0.15, -0.1) is 0 Å². The highest BCUT2D eigenvalue weighted by Gasteiger charge is 2.23. The largest absolute Gasteiger partial charge is 0.342 e. The van der Waals surface area contributed by atoms with E-state index in [0.29, 0.717) is 32.5 Å². The normalized spacial score (nSPS) is 18.3. The molecule has 0 bridgehead atoms. The van der Waals surface area contributed by atoms with Gasteiger partial charge in [-0.1, -0.05) is 6.42 Å². The van der Waals surface area contributed by atoms with Gasteiger partial charge in [0, 0.05) is 58.3 Å². The molecule has 0 aliphatic carbocycles. The average Bonchev–Trinajstić information content (AvgIpc) is 2.77. The first kappa shape index (κ1) is 16.7. The van der Waals surface area contributed by atoms with Gasteiger partial charge in [0.1, 0.15) is 0 Å². The predicted octanol–water partition coefficient (Wildman–Crippen LogP) is 1.06. The maximum absolute atomic E-state index is 12.5. The third kappa shape index (κ3) is 3.68. The number of aryl methyl sites for hydroxylation is 1. The maximum atomic E-state index is 12.5. The van der Waals surface area contributed by atoms with Crippen LogP contribution >= 0.6 is 0 Å². The first-order valence-electron chi connectivity index (χ1n) is 8.78. The van der Waals surface area contributed by atoms with Crippen molar-refractivity contribution in [2.75, 3.05) is 19.6 Å². The van der Waals surface area contributed by atoms with Crippen molar-refractivity contribution in [3.05, 3.63) is 33.7 Å². The topological polar surface area (TPSA) is 62.6 Å². The Labute approximate surface area is 142 Å². The maximum Gasteiger partial charge on any atom is 0.250 e. The molecule has 3 heterocycles. The minimum absolute atomic E-state index is 0.00629. The molecule has 1 saturated heterocycles. The first-order valence-corrected chi connectivity index (χ1v) is 8.78. The summed E-state index contributed by atoms with van der Waals surface area (Å²) < 4.78 is 1.56. The third-order valence-electron chi connectivity index (χ3n) is 5.04. The molecule has 0 atom stereocenters. The minimum Gasteiger partial charge on any atom is -0.342 e. The highest BCUT2D eigenvalue weighted by molar-refractivity contribution is 5.79. The third-order valence-corrected chi connectivity index (χ3v) is 5.04. The number of amides is 2. The first-order chi connectivity index (χ1) is 11.5. The number of hydrogen-bond acceptors (Lipinski definition) is 3. The molecule has 1 aromatic heterocycles. The Morgan fingerprint density at radius 1 is 1.08 bits per heavy atom. The molecule has 130 valence electrons. The number of pyridine rings is 1. The van der Waals surface area contributed by atoms with Crippen LogP contribution in [0, 0.1) is 0 Å². The summed E-state index contributed by atoms with van der Waals surface area (Å²) >= 11 is 0. The standard InChI is InChI=1S/C18H25N3O3/c1-19-12-15-13-21(9-6-14(15)11-18(19)24)17(23)7-10-20-8-4-2-3-5-16(20)22/h11-12H,2-10,13H2,1H3. The van der Waals surface area contributed by atoms with Crippen molar-refractivity contribution in [2.45, 2.75) is 45.1 Å². The van der Waals surface area contributed by atoms with Crippen LogP contribution in [0.15, 0.2) is 17.1 Å². The smallest absolute Gasteiger partial charge is 0.250 e. The van der Waals surface area contributed by atoms with Crippen molar-refractivity contribution in [1.82, 2.24) is 14.4 Å². The van der Waals surface area contributed by atoms with E-state index in [1.54, 1.807) is 17.7 Å². The summed E-state index contributed by atoms with van der Waals surface area (Å²) in [6.45, 7) is 2.49. The summed E-state index contributed by atoms with van der Waals surface area (Å²) in [5.41, 5.74) is 2.08. The molecule has 0 saturated carbocycles. The fourth-order valence-corrected chi connectivity index (χ4v) is 3.52. The molecule has 1 aromatic rings. The van der Waals surface area contributed by atoms with Crippen LogP contribution < -0.4 is 5.56 Å². The second kappa shape index (κ2) is 7.20. The summed E-state index contributed by atoms with van der Waals surface area (Å²) in [7, 11) is 1.73. The van der Waals surface area contributed by atoms with Gasteiger partial charge in [-0.3, -0.25) is 14.4 Å². The molecule has 1 fully saturated rings. The van der Waals surface area contributed by atoms with Crippen molar-refractivity contribution in [3.63, 3.8) is 0 Å². The summed E-state index contributed by atoms with van der Waals surface area (Å²) in [4.78, 5) is 39.9. The van der Waals surface area contributed by atoms with Crippen LogP contribution in [0.5, 0.6) is 0 Å². The molecule has 2 amide bonds. The van der Waals surface area contributed by atoms with Crippen molar-refractivity contribution in [1.29, 1.82) is 0 Å². The van der Waals surface area contributed by atoms with Gasteiger partial charge >= 0.3 is 0 Å². The van der Waals surface area contributed by atoms with Crippen LogP contribution in [0.25, 0.3) is 0 Å². The number of rotatable bonds is 3. The number of carbonyl (C=O) groups excluding carboxylic acids is 2. The van der Waals surface area contributed by atoms with Crippen LogP contribution in [0.2, 0.25) is 0 Å². The van der Waals surface area contributed by atoms with Gasteiger partial charge in [0.2, 0.25) is 11.8 Å². The van der Waals surface area contributed by atoms with Gasteiger partial charge in [0.05, 0.1) is 0 Å². The lowest BCUT2D eigenvalue weighted by atomic mass is 10.0. The molecule has 0 radical (unpaired) electrons. The molecular weight excluding hydrogens is 306 g/mol. The molecule has 6 heteroatoms. The van der Waals surface area contributed by atoms with E-state index in [-0.39, 0.29) is 17.4 Å². The van der Waals surface area contributed by atoms with E-state index in [4.69, 9.17) is 0 Å². The number of likely N-dealkylation sites (tertiary alicyclic amines) is 1. The van der Waals surface area contributed by atoms with E-state index in [1.807, 2.05) is 16.0 Å². The predicted molar refractivity (Wildman–Crippen MR) is 90.5 cm³/mol. The summed E-state index contributed by atoms with van der Waals surface area (Å²) in [6.07, 6.45) is 6.63. The van der Waals surface area contributed by atoms with Crippen LogP contribution in [-0.2, 0) is 29.6 Å². The molecular formula is C18H25N3O3. The Balaban J connectivity index is 1.59. The summed E-state index contributed by atoms with van der Waals surface area (Å²) in [5, 5.41) is 0. The fraction of sp³-hybridized carbons (Fsp3) is 0.611. The van der Waals surface area contributed by atoms with Gasteiger partial charge in [0.15, 0.2) is 0 Å². The fourth-order valence-electron chi connectivity index (χ4n) is 3.52. The lowest BCUT2D eigenvalue weighted by Gasteiger charge is -2.30. The van der Waals surface area contributed by atoms with Crippen molar-refractivity contribution in [3.8, 4) is 0 Å². The zero-order chi connectivity index (χ0) is 17.1. The van der Waals surface area contributed by atoms with E-state index in [9.17, 15) is 14.4 Å². The van der Waals surface area contributed by atoms with Crippen LogP contribution in [0.3, 0.4) is 0 Å². The second-order valence-corrected chi connectivity index (χ2v) is 6.78. The molecule has 24 heavy (non-hydrogen) atoms. The van der Waals surface area contributed by atoms with E-state index in [2.05, 4.69) is 0 Å². The van der Waals surface area contributed by atoms with Crippen LogP contribution in [0.4, 0.5) is 0 Å². The van der Waals surface area contributed by atoms with E-state index < -0.39 is 0 Å². The average molecular weight is 331 g/mol. The Hall–Kier alpha value is -2.11. The summed E-state index contributed by atoms with van der Waals surface area (Å²) in [6, 6.07) is 1.67. The summed E-state index contributed by atoms with van der Waals surface area (Å²) in [5.74, 6) is 0.269. The number of hydrogen-bond donors (Lipinski definition) is 0. The SMILES string of the molecule is Cn1cc2c(cc1=O)CCN(C(=O)CCN1CCCCCC1=O)C2. The van der Waals surface area contributed by atoms with E-state index in [1.165, 1.54) is 0 Å². The molecule has 6 nitrogen and oxygen atoms in total. The molecule has 0 N–H and O–H groups in total. The van der Waals surface area contributed by atoms with E-state index in [0.717, 1.165) is 43.4 Å². The Kier molecular flexibility index (Phi) is 5.02. The Morgan fingerprint density at radius 2 is 1.92 bits per heavy atom. The molecule has 2 aliphatic heterocycles. The number of carbonyl (C=O) groups is 2. The number of nitrogens with zero attached hydrogens (tertiary/aromatic N) is 3. The van der Waals surface area contributed by atoms with Crippen LogP contribution in [0.1, 0.15) is 43.2 Å². The van der Waals surface area contributed by atoms with E-state index >= 15 is 0 Å². The van der Waals surface area contributed by atoms with Crippen LogP contribution in [-0.4, -0.2) is 45.8 Å². The van der Waals surface area contributed by atoms with Gasteiger partial charge in [-0.25, -0.2) is 0 Å². The van der Waals surface area contributed by atoms with Gasteiger partial charge < -0.3 is 14.4 Å². The molecule has 3 rings (SSSR count). The van der Waals surface area contributed by atoms with Crippen molar-refractivity contribution in [2.24, 2.45) is 7.05 Å². The molecule has 0 spiro atoms. The molecule has 0 aromatic carbocycles. The lowest BCUT2D eigenvalue weighted by molar-refractivity contribution is -0.134. The Bertz CT molecular complexity index is 695. The van der Waals surface area contributed by atoms with Gasteiger partial charge in [-0.2, -0.15) is 0 Å². The quantitative estimate of drug-likeness (QED) is 0.832. The number of aromatic nitrogens is 1. The molecule has 0 unspecified atom stereocenters.